The summed E-state index contributed by atoms with van der Waals surface area (Å²) < 4.78 is 5.76. The van der Waals surface area contributed by atoms with Gasteiger partial charge in [0.1, 0.15) is 0 Å². The van der Waals surface area contributed by atoms with E-state index in [4.69, 9.17) is 10.5 Å². The van der Waals surface area contributed by atoms with E-state index in [1.807, 2.05) is 0 Å². The van der Waals surface area contributed by atoms with Crippen molar-refractivity contribution in [3.63, 3.8) is 0 Å². The van der Waals surface area contributed by atoms with Crippen LogP contribution in [0.4, 0.5) is 0 Å². The first-order valence-electron chi connectivity index (χ1n) is 6.59. The summed E-state index contributed by atoms with van der Waals surface area (Å²) in [6, 6.07) is 0.967. The molecular formula is C13H28N2O. The Balaban J connectivity index is 2.50. The fraction of sp³-hybridized carbons (Fsp3) is 1.00. The Hall–Kier alpha value is -0.120. The van der Waals surface area contributed by atoms with Crippen LogP contribution in [0.5, 0.6) is 0 Å². The smallest absolute Gasteiger partial charge is 0.0743 e. The van der Waals surface area contributed by atoms with Crippen LogP contribution in [0, 0.1) is 5.92 Å². The first-order valence-corrected chi connectivity index (χ1v) is 6.59. The van der Waals surface area contributed by atoms with Gasteiger partial charge in [0.2, 0.25) is 0 Å². The van der Waals surface area contributed by atoms with Crippen molar-refractivity contribution in [2.24, 2.45) is 11.7 Å². The summed E-state index contributed by atoms with van der Waals surface area (Å²) >= 11 is 0. The summed E-state index contributed by atoms with van der Waals surface area (Å²) in [5, 5.41) is 0. The Kier molecular flexibility index (Phi) is 5.73. The zero-order valence-electron chi connectivity index (χ0n) is 11.3. The van der Waals surface area contributed by atoms with Crippen LogP contribution in [-0.2, 0) is 4.74 Å². The molecule has 3 heteroatoms. The topological polar surface area (TPSA) is 38.5 Å². The summed E-state index contributed by atoms with van der Waals surface area (Å²) in [6.07, 6.45) is 3.93. The second kappa shape index (κ2) is 6.58. The van der Waals surface area contributed by atoms with Crippen molar-refractivity contribution in [2.45, 2.75) is 58.2 Å². The highest BCUT2D eigenvalue weighted by Gasteiger charge is 2.30. The van der Waals surface area contributed by atoms with Crippen LogP contribution in [0.25, 0.3) is 0 Å². The Morgan fingerprint density at radius 3 is 2.50 bits per heavy atom. The Labute approximate surface area is 100 Å². The molecule has 0 saturated carbocycles. The minimum Gasteiger partial charge on any atom is -0.377 e. The molecule has 96 valence electrons. The summed E-state index contributed by atoms with van der Waals surface area (Å²) in [6.45, 7) is 8.44. The van der Waals surface area contributed by atoms with E-state index in [-0.39, 0.29) is 0 Å². The summed E-state index contributed by atoms with van der Waals surface area (Å²) in [5.41, 5.74) is 5.90. The lowest BCUT2D eigenvalue weighted by molar-refractivity contribution is 0.0206. The number of hydrogen-bond acceptors (Lipinski definition) is 3. The third-order valence-electron chi connectivity index (χ3n) is 3.67. The summed E-state index contributed by atoms with van der Waals surface area (Å²) in [4.78, 5) is 2.41. The normalized spacial score (nSPS) is 25.3. The lowest BCUT2D eigenvalue weighted by Gasteiger charge is -2.36. The van der Waals surface area contributed by atoms with Gasteiger partial charge in [-0.1, -0.05) is 13.8 Å². The van der Waals surface area contributed by atoms with E-state index >= 15 is 0 Å². The number of nitrogens with two attached hydrogens (primary N) is 1. The minimum atomic E-state index is 0.351. The van der Waals surface area contributed by atoms with Gasteiger partial charge in [0.25, 0.3) is 0 Å². The van der Waals surface area contributed by atoms with E-state index in [1.54, 1.807) is 0 Å². The van der Waals surface area contributed by atoms with Gasteiger partial charge in [0, 0.05) is 25.2 Å². The van der Waals surface area contributed by atoms with Gasteiger partial charge >= 0.3 is 0 Å². The maximum atomic E-state index is 5.90. The second-order valence-corrected chi connectivity index (χ2v) is 5.50. The largest absolute Gasteiger partial charge is 0.377 e. The lowest BCUT2D eigenvalue weighted by Crippen LogP contribution is -2.50. The van der Waals surface area contributed by atoms with Gasteiger partial charge in [-0.3, -0.25) is 4.90 Å². The SMILES string of the molecule is CC(C)CC(C)N(C)C(CN)C1CCCO1. The minimum absolute atomic E-state index is 0.351. The van der Waals surface area contributed by atoms with Gasteiger partial charge in [-0.2, -0.15) is 0 Å². The average Bonchev–Trinajstić information content (AvgIpc) is 2.71. The molecule has 0 radical (unpaired) electrons. The van der Waals surface area contributed by atoms with E-state index in [0.717, 1.165) is 12.5 Å². The number of likely N-dealkylation sites (N-methyl/N-ethyl adjacent to an activating group) is 1. The molecule has 3 atom stereocenters. The number of nitrogens with zero attached hydrogens (tertiary/aromatic N) is 1. The van der Waals surface area contributed by atoms with Crippen molar-refractivity contribution in [3.8, 4) is 0 Å². The summed E-state index contributed by atoms with van der Waals surface area (Å²) in [7, 11) is 2.19. The highest BCUT2D eigenvalue weighted by Crippen LogP contribution is 2.21. The molecule has 0 aromatic carbocycles. The van der Waals surface area contributed by atoms with Gasteiger partial charge in [-0.05, 0) is 39.2 Å². The molecule has 0 aromatic rings. The Morgan fingerprint density at radius 1 is 1.38 bits per heavy atom. The maximum Gasteiger partial charge on any atom is 0.0743 e. The number of ether oxygens (including phenoxy) is 1. The monoisotopic (exact) mass is 228 g/mol. The van der Waals surface area contributed by atoms with Crippen LogP contribution in [0.2, 0.25) is 0 Å². The standard InChI is InChI=1S/C13H28N2O/c1-10(2)8-11(3)15(4)12(9-14)13-6-5-7-16-13/h10-13H,5-9,14H2,1-4H3. The third kappa shape index (κ3) is 3.72. The molecule has 16 heavy (non-hydrogen) atoms. The van der Waals surface area contributed by atoms with Crippen molar-refractivity contribution in [3.05, 3.63) is 0 Å². The molecule has 3 unspecified atom stereocenters. The molecule has 1 rings (SSSR count). The highest BCUT2D eigenvalue weighted by molar-refractivity contribution is 4.84. The van der Waals surface area contributed by atoms with Gasteiger partial charge in [0.05, 0.1) is 6.10 Å². The van der Waals surface area contributed by atoms with E-state index in [0.29, 0.717) is 24.7 Å². The number of hydrogen-bond donors (Lipinski definition) is 1. The molecule has 0 amide bonds. The fourth-order valence-electron chi connectivity index (χ4n) is 2.66. The van der Waals surface area contributed by atoms with Crippen molar-refractivity contribution in [1.82, 2.24) is 4.90 Å². The van der Waals surface area contributed by atoms with Crippen molar-refractivity contribution >= 4 is 0 Å². The lowest BCUT2D eigenvalue weighted by atomic mass is 10.00. The van der Waals surface area contributed by atoms with Crippen LogP contribution in [0.15, 0.2) is 0 Å². The Morgan fingerprint density at radius 2 is 2.06 bits per heavy atom. The zero-order valence-corrected chi connectivity index (χ0v) is 11.3. The molecule has 0 spiro atoms. The van der Waals surface area contributed by atoms with Crippen LogP contribution >= 0.6 is 0 Å². The van der Waals surface area contributed by atoms with Gasteiger partial charge in [-0.15, -0.1) is 0 Å². The molecule has 1 aliphatic rings. The first-order chi connectivity index (χ1) is 7.56. The van der Waals surface area contributed by atoms with Crippen molar-refractivity contribution < 1.29 is 4.74 Å². The molecule has 1 aliphatic heterocycles. The van der Waals surface area contributed by atoms with Crippen LogP contribution in [-0.4, -0.2) is 43.3 Å². The molecule has 3 nitrogen and oxygen atoms in total. The van der Waals surface area contributed by atoms with Gasteiger partial charge in [-0.25, -0.2) is 0 Å². The predicted molar refractivity (Wildman–Crippen MR) is 68.5 cm³/mol. The number of rotatable bonds is 6. The molecule has 0 aromatic heterocycles. The maximum absolute atomic E-state index is 5.90. The van der Waals surface area contributed by atoms with Crippen molar-refractivity contribution in [1.29, 1.82) is 0 Å². The zero-order chi connectivity index (χ0) is 12.1. The van der Waals surface area contributed by atoms with E-state index in [1.165, 1.54) is 19.3 Å². The summed E-state index contributed by atoms with van der Waals surface area (Å²) in [5.74, 6) is 0.736. The van der Waals surface area contributed by atoms with E-state index < -0.39 is 0 Å². The van der Waals surface area contributed by atoms with Crippen LogP contribution < -0.4 is 5.73 Å². The van der Waals surface area contributed by atoms with Gasteiger partial charge in [0.15, 0.2) is 0 Å². The highest BCUT2D eigenvalue weighted by atomic mass is 16.5. The molecule has 0 bridgehead atoms. The first kappa shape index (κ1) is 13.9. The quantitative estimate of drug-likeness (QED) is 0.754. The second-order valence-electron chi connectivity index (χ2n) is 5.50. The molecule has 0 aliphatic carbocycles. The van der Waals surface area contributed by atoms with E-state index in [2.05, 4.69) is 32.7 Å². The molecular weight excluding hydrogens is 200 g/mol. The predicted octanol–water partition coefficient (Wildman–Crippen LogP) is 1.86. The fourth-order valence-corrected chi connectivity index (χ4v) is 2.66. The molecule has 2 N–H and O–H groups in total. The van der Waals surface area contributed by atoms with E-state index in [9.17, 15) is 0 Å². The average molecular weight is 228 g/mol. The Bertz CT molecular complexity index is 190. The van der Waals surface area contributed by atoms with Crippen LogP contribution in [0.1, 0.15) is 40.0 Å². The van der Waals surface area contributed by atoms with Gasteiger partial charge < -0.3 is 10.5 Å². The third-order valence-corrected chi connectivity index (χ3v) is 3.67. The molecule has 1 saturated heterocycles. The van der Waals surface area contributed by atoms with Crippen molar-refractivity contribution in [2.75, 3.05) is 20.2 Å². The van der Waals surface area contributed by atoms with Crippen LogP contribution in [0.3, 0.4) is 0 Å². The molecule has 1 heterocycles. The molecule has 1 fully saturated rings.